The summed E-state index contributed by atoms with van der Waals surface area (Å²) in [6.45, 7) is 5.31. The Morgan fingerprint density at radius 2 is 0.655 bits per heavy atom. The zero-order valence-corrected chi connectivity index (χ0v) is 31.1. The van der Waals surface area contributed by atoms with Crippen LogP contribution in [-0.2, 0) is 36.3 Å². The minimum atomic E-state index is -1.15. The molecule has 3 heterocycles. The van der Waals surface area contributed by atoms with Gasteiger partial charge in [-0.25, -0.2) is 0 Å². The van der Waals surface area contributed by atoms with E-state index < -0.39 is 17.9 Å². The Morgan fingerprint density at radius 3 is 0.909 bits per heavy atom. The van der Waals surface area contributed by atoms with Gasteiger partial charge >= 0.3 is 17.1 Å². The van der Waals surface area contributed by atoms with Crippen molar-refractivity contribution in [3.05, 3.63) is 176 Å². The van der Waals surface area contributed by atoms with E-state index in [0.717, 1.165) is 33.9 Å². The Morgan fingerprint density at radius 1 is 0.400 bits per heavy atom. The number of aromatic carboxylic acids is 3. The topological polar surface area (TPSA) is 148 Å². The predicted molar refractivity (Wildman–Crippen MR) is 194 cm³/mol. The van der Waals surface area contributed by atoms with Crippen LogP contribution in [0.15, 0.2) is 109 Å². The van der Waals surface area contributed by atoms with Crippen molar-refractivity contribution < 1.29 is 61.0 Å². The van der Waals surface area contributed by atoms with E-state index in [1.165, 1.54) is 0 Å². The number of para-hydroxylation sites is 3. The minimum Gasteiger partial charge on any atom is -0.545 e. The van der Waals surface area contributed by atoms with E-state index in [1.54, 1.807) is 39.0 Å². The Bertz CT molecular complexity index is 2210. The Balaban J connectivity index is 0.000000139. The molecule has 0 aromatic heterocycles. The fourth-order valence-electron chi connectivity index (χ4n) is 7.08. The normalized spacial score (nSPS) is 12.1. The number of hydrogen-bond donors (Lipinski definition) is 0. The molecule has 0 amide bonds. The van der Waals surface area contributed by atoms with Crippen LogP contribution in [0.4, 0.5) is 0 Å². The summed E-state index contributed by atoms with van der Waals surface area (Å²) in [5.74, 6) is 0.761. The first kappa shape index (κ1) is 38.4. The summed E-state index contributed by atoms with van der Waals surface area (Å²) in [5, 5.41) is 33.7. The van der Waals surface area contributed by atoms with E-state index in [2.05, 4.69) is 0 Å². The van der Waals surface area contributed by atoms with Gasteiger partial charge in [-0.05, 0) is 90.6 Å². The van der Waals surface area contributed by atoms with Crippen LogP contribution in [-0.4, -0.2) is 17.9 Å². The number of hydrogen-bond acceptors (Lipinski definition) is 9. The van der Waals surface area contributed by atoms with Crippen LogP contribution in [0.5, 0.6) is 34.5 Å². The van der Waals surface area contributed by atoms with E-state index in [9.17, 15) is 29.7 Å². The SMILES string of the molecule is Cc1ccc2c(c1C(=O)[O-])Cc1ccccc1O2.Cc1ccc2c(c1C(=O)[O-])Cc1ccccc1O2.Cc1ccc2c(c1C(=O)[O-])Cc1ccccc1O2.[Fe+3]. The van der Waals surface area contributed by atoms with E-state index >= 15 is 0 Å². The average Bonchev–Trinajstić information content (AvgIpc) is 3.15. The monoisotopic (exact) mass is 773 g/mol. The quantitative estimate of drug-likeness (QED) is 0.193. The second-order valence-electron chi connectivity index (χ2n) is 13.2. The summed E-state index contributed by atoms with van der Waals surface area (Å²) in [7, 11) is 0. The molecule has 9 nitrogen and oxygen atoms in total. The van der Waals surface area contributed by atoms with Crippen molar-refractivity contribution in [2.24, 2.45) is 0 Å². The molecular weight excluding hydrogens is 740 g/mol. The van der Waals surface area contributed by atoms with Gasteiger partial charge in [-0.3, -0.25) is 0 Å². The molecule has 3 aliphatic heterocycles. The first-order valence-corrected chi connectivity index (χ1v) is 17.3. The first-order chi connectivity index (χ1) is 26.0. The summed E-state index contributed by atoms with van der Waals surface area (Å²) in [6.07, 6.45) is 1.70. The van der Waals surface area contributed by atoms with Crippen molar-refractivity contribution in [3.63, 3.8) is 0 Å². The molecule has 9 rings (SSSR count). The third kappa shape index (κ3) is 7.69. The molecule has 0 spiro atoms. The number of benzene rings is 6. The van der Waals surface area contributed by atoms with Crippen molar-refractivity contribution >= 4 is 17.9 Å². The zero-order valence-electron chi connectivity index (χ0n) is 30.0. The number of rotatable bonds is 3. The maximum absolute atomic E-state index is 11.2. The van der Waals surface area contributed by atoms with Crippen molar-refractivity contribution in [3.8, 4) is 34.5 Å². The van der Waals surface area contributed by atoms with Gasteiger partial charge in [0.05, 0.1) is 17.9 Å². The van der Waals surface area contributed by atoms with Gasteiger partial charge in [0.15, 0.2) is 0 Å². The second-order valence-corrected chi connectivity index (χ2v) is 13.2. The van der Waals surface area contributed by atoms with Crippen LogP contribution in [0, 0.1) is 20.8 Å². The molecule has 0 N–H and O–H groups in total. The molecule has 3 aliphatic rings. The van der Waals surface area contributed by atoms with Gasteiger partial charge in [0, 0.05) is 52.6 Å². The number of fused-ring (bicyclic) bond motifs is 6. The second kappa shape index (κ2) is 15.9. The Hall–Kier alpha value is -6.35. The Labute approximate surface area is 328 Å². The summed E-state index contributed by atoms with van der Waals surface area (Å²) in [4.78, 5) is 33.7. The van der Waals surface area contributed by atoms with E-state index in [-0.39, 0.29) is 33.8 Å². The third-order valence-electron chi connectivity index (χ3n) is 9.73. The smallest absolute Gasteiger partial charge is 0.545 e. The number of carbonyl (C=O) groups is 3. The maximum Gasteiger partial charge on any atom is 3.00 e. The van der Waals surface area contributed by atoms with Crippen molar-refractivity contribution in [1.29, 1.82) is 0 Å². The van der Waals surface area contributed by atoms with Crippen molar-refractivity contribution in [2.45, 2.75) is 40.0 Å². The molecule has 0 bridgehead atoms. The minimum absolute atomic E-state index is 0. The number of carbonyl (C=O) groups excluding carboxylic acids is 3. The number of carboxylic acids is 3. The predicted octanol–water partition coefficient (Wildman–Crippen LogP) is 6.16. The molecule has 0 unspecified atom stereocenters. The van der Waals surface area contributed by atoms with Gasteiger partial charge in [-0.15, -0.1) is 0 Å². The van der Waals surface area contributed by atoms with Crippen LogP contribution in [0.2, 0.25) is 0 Å². The average molecular weight is 774 g/mol. The maximum atomic E-state index is 11.2. The zero-order chi connectivity index (χ0) is 38.1. The van der Waals surface area contributed by atoms with Gasteiger partial charge in [0.25, 0.3) is 0 Å². The molecule has 0 saturated heterocycles. The van der Waals surface area contributed by atoms with E-state index in [4.69, 9.17) is 14.2 Å². The fraction of sp³-hybridized carbons (Fsp3) is 0.133. The molecule has 55 heavy (non-hydrogen) atoms. The molecule has 0 aliphatic carbocycles. The summed E-state index contributed by atoms with van der Waals surface area (Å²) in [6, 6.07) is 33.6. The van der Waals surface area contributed by atoms with Crippen molar-refractivity contribution in [2.75, 3.05) is 0 Å². The molecule has 1 radical (unpaired) electrons. The first-order valence-electron chi connectivity index (χ1n) is 17.3. The number of ether oxygens (including phenoxy) is 3. The third-order valence-corrected chi connectivity index (χ3v) is 9.73. The molecule has 6 aromatic rings. The standard InChI is InChI=1S/3C15H12O3.Fe/c3*1-9-6-7-13-11(14(9)15(16)17)8-10-4-2-3-5-12(10)18-13;/h3*2-7H,8H2,1H3,(H,16,17);/q;;;+3/p-3. The largest absolute Gasteiger partial charge is 3.00 e. The van der Waals surface area contributed by atoms with E-state index in [0.29, 0.717) is 69.9 Å². The Kier molecular flexibility index (Phi) is 11.1. The molecule has 0 fully saturated rings. The van der Waals surface area contributed by atoms with Gasteiger partial charge in [-0.2, -0.15) is 0 Å². The summed E-state index contributed by atoms with van der Waals surface area (Å²) < 4.78 is 17.2. The molecule has 0 saturated carbocycles. The fourth-order valence-corrected chi connectivity index (χ4v) is 7.08. The van der Waals surface area contributed by atoms with Crippen LogP contribution in [0.25, 0.3) is 0 Å². The van der Waals surface area contributed by atoms with Gasteiger partial charge in [-0.1, -0.05) is 72.8 Å². The summed E-state index contributed by atoms with van der Waals surface area (Å²) in [5.41, 5.74) is 7.97. The summed E-state index contributed by atoms with van der Waals surface area (Å²) >= 11 is 0. The van der Waals surface area contributed by atoms with Gasteiger partial charge in [0.2, 0.25) is 0 Å². The van der Waals surface area contributed by atoms with Gasteiger partial charge in [0.1, 0.15) is 34.5 Å². The van der Waals surface area contributed by atoms with Crippen LogP contribution in [0.3, 0.4) is 0 Å². The number of carboxylic acid groups (broad SMARTS) is 3. The molecule has 10 heteroatoms. The van der Waals surface area contributed by atoms with Crippen LogP contribution in [0.1, 0.15) is 81.1 Å². The molecular formula is C45H33FeO9. The van der Waals surface area contributed by atoms with Crippen molar-refractivity contribution in [1.82, 2.24) is 0 Å². The molecule has 275 valence electrons. The molecule has 6 aromatic carbocycles. The van der Waals surface area contributed by atoms with Gasteiger partial charge < -0.3 is 43.9 Å². The van der Waals surface area contributed by atoms with Crippen LogP contribution >= 0.6 is 0 Å². The number of aryl methyl sites for hydroxylation is 3. The van der Waals surface area contributed by atoms with Crippen LogP contribution < -0.4 is 29.5 Å². The molecule has 0 atom stereocenters. The van der Waals surface area contributed by atoms with E-state index in [1.807, 2.05) is 91.0 Å².